The molecule has 0 amide bonds. The van der Waals surface area contributed by atoms with Crippen LogP contribution in [0.1, 0.15) is 19.7 Å². The van der Waals surface area contributed by atoms with Crippen molar-refractivity contribution >= 4 is 0 Å². The van der Waals surface area contributed by atoms with Crippen LogP contribution in [0.3, 0.4) is 0 Å². The number of hydrogen-bond donors (Lipinski definition) is 1. The van der Waals surface area contributed by atoms with Crippen LogP contribution in [0.5, 0.6) is 0 Å². The van der Waals surface area contributed by atoms with Gasteiger partial charge >= 0.3 is 0 Å². The first-order chi connectivity index (χ1) is 9.11. The Labute approximate surface area is 112 Å². The summed E-state index contributed by atoms with van der Waals surface area (Å²) < 4.78 is 18.8. The molecule has 0 aliphatic rings. The van der Waals surface area contributed by atoms with Crippen LogP contribution in [0.4, 0.5) is 4.39 Å². The Morgan fingerprint density at radius 1 is 1.32 bits per heavy atom. The van der Waals surface area contributed by atoms with E-state index in [1.54, 1.807) is 18.2 Å². The van der Waals surface area contributed by atoms with Gasteiger partial charge in [0.2, 0.25) is 11.7 Å². The first kappa shape index (κ1) is 13.7. The van der Waals surface area contributed by atoms with E-state index < -0.39 is 0 Å². The van der Waals surface area contributed by atoms with Crippen molar-refractivity contribution in [1.29, 1.82) is 0 Å². The molecule has 0 saturated carbocycles. The molecule has 1 aromatic heterocycles. The van der Waals surface area contributed by atoms with Crippen molar-refractivity contribution in [3.05, 3.63) is 36.0 Å². The quantitative estimate of drug-likeness (QED) is 0.901. The molecule has 0 saturated heterocycles. The maximum atomic E-state index is 13.6. The van der Waals surface area contributed by atoms with Crippen LogP contribution in [0.2, 0.25) is 0 Å². The van der Waals surface area contributed by atoms with Gasteiger partial charge in [0.25, 0.3) is 0 Å². The van der Waals surface area contributed by atoms with E-state index in [2.05, 4.69) is 29.3 Å². The van der Waals surface area contributed by atoms with Gasteiger partial charge in [-0.2, -0.15) is 4.98 Å². The van der Waals surface area contributed by atoms with Gasteiger partial charge in [-0.25, -0.2) is 4.39 Å². The molecule has 0 radical (unpaired) electrons. The summed E-state index contributed by atoms with van der Waals surface area (Å²) in [4.78, 5) is 4.25. The number of aromatic nitrogens is 2. The third-order valence-electron chi connectivity index (χ3n) is 3.15. The Bertz CT molecular complexity index is 539. The smallest absolute Gasteiger partial charge is 0.228 e. The lowest BCUT2D eigenvalue weighted by Crippen LogP contribution is -2.32. The van der Waals surface area contributed by atoms with E-state index in [9.17, 15) is 4.39 Å². The zero-order valence-electron chi connectivity index (χ0n) is 11.4. The predicted octanol–water partition coefficient (Wildman–Crippen LogP) is 2.66. The minimum atomic E-state index is -0.344. The highest BCUT2D eigenvalue weighted by molar-refractivity contribution is 5.54. The number of halogens is 1. The predicted molar refractivity (Wildman–Crippen MR) is 71.1 cm³/mol. The van der Waals surface area contributed by atoms with Crippen LogP contribution in [0.15, 0.2) is 28.8 Å². The van der Waals surface area contributed by atoms with Gasteiger partial charge in [0.15, 0.2) is 0 Å². The molecule has 102 valence electrons. The van der Waals surface area contributed by atoms with Crippen molar-refractivity contribution in [1.82, 2.24) is 15.5 Å². The van der Waals surface area contributed by atoms with Gasteiger partial charge in [-0.05, 0) is 25.1 Å². The molecular weight excluding hydrogens is 245 g/mol. The van der Waals surface area contributed by atoms with Crippen molar-refractivity contribution in [3.8, 4) is 11.4 Å². The third kappa shape index (κ3) is 3.17. The van der Waals surface area contributed by atoms with E-state index in [4.69, 9.17) is 4.52 Å². The zero-order valence-corrected chi connectivity index (χ0v) is 11.4. The van der Waals surface area contributed by atoms with Crippen LogP contribution in [-0.2, 0) is 6.42 Å². The Kier molecular flexibility index (Phi) is 4.27. The van der Waals surface area contributed by atoms with Crippen molar-refractivity contribution < 1.29 is 8.91 Å². The maximum Gasteiger partial charge on any atom is 0.228 e. The normalized spacial score (nSPS) is 12.9. The number of hydrogen-bond acceptors (Lipinski definition) is 4. The molecule has 1 N–H and O–H groups in total. The standard InChI is InChI=1S/C14H18FN3O/c1-9(2)12(16-3)8-13-17-14(18-19-13)10-6-4-5-7-11(10)15/h4-7,9,12,16H,8H2,1-3H3. The van der Waals surface area contributed by atoms with Crippen molar-refractivity contribution in [2.45, 2.75) is 26.3 Å². The minimum absolute atomic E-state index is 0.258. The summed E-state index contributed by atoms with van der Waals surface area (Å²) in [5, 5.41) is 7.05. The van der Waals surface area contributed by atoms with Crippen molar-refractivity contribution in [2.24, 2.45) is 5.92 Å². The average Bonchev–Trinajstić information content (AvgIpc) is 2.84. The SMILES string of the molecule is CNC(Cc1nc(-c2ccccc2F)no1)C(C)C. The van der Waals surface area contributed by atoms with Crippen LogP contribution in [-0.4, -0.2) is 23.2 Å². The molecule has 2 aromatic rings. The second-order valence-corrected chi connectivity index (χ2v) is 4.83. The summed E-state index contributed by atoms with van der Waals surface area (Å²) in [6.07, 6.45) is 0.635. The minimum Gasteiger partial charge on any atom is -0.339 e. The maximum absolute atomic E-state index is 13.6. The number of rotatable bonds is 5. The van der Waals surface area contributed by atoms with Gasteiger partial charge in [0, 0.05) is 12.5 Å². The molecule has 0 aliphatic heterocycles. The Balaban J connectivity index is 2.18. The lowest BCUT2D eigenvalue weighted by molar-refractivity contribution is 0.335. The Hall–Kier alpha value is -1.75. The second-order valence-electron chi connectivity index (χ2n) is 4.83. The number of nitrogens with one attached hydrogen (secondary N) is 1. The number of nitrogens with zero attached hydrogens (tertiary/aromatic N) is 2. The average molecular weight is 263 g/mol. The summed E-state index contributed by atoms with van der Waals surface area (Å²) >= 11 is 0. The first-order valence-electron chi connectivity index (χ1n) is 6.36. The Morgan fingerprint density at radius 2 is 2.05 bits per heavy atom. The largest absolute Gasteiger partial charge is 0.339 e. The van der Waals surface area contributed by atoms with Crippen LogP contribution >= 0.6 is 0 Å². The zero-order chi connectivity index (χ0) is 13.8. The lowest BCUT2D eigenvalue weighted by Gasteiger charge is -2.17. The summed E-state index contributed by atoms with van der Waals surface area (Å²) in [6, 6.07) is 6.67. The highest BCUT2D eigenvalue weighted by atomic mass is 19.1. The molecule has 0 aliphatic carbocycles. The first-order valence-corrected chi connectivity index (χ1v) is 6.36. The van der Waals surface area contributed by atoms with Crippen LogP contribution in [0.25, 0.3) is 11.4 Å². The van der Waals surface area contributed by atoms with E-state index >= 15 is 0 Å². The summed E-state index contributed by atoms with van der Waals surface area (Å²) in [5.41, 5.74) is 0.364. The highest BCUT2D eigenvalue weighted by Crippen LogP contribution is 2.20. The summed E-state index contributed by atoms with van der Waals surface area (Å²) in [7, 11) is 1.90. The Morgan fingerprint density at radius 3 is 2.68 bits per heavy atom. The van der Waals surface area contributed by atoms with E-state index in [1.807, 2.05) is 7.05 Å². The van der Waals surface area contributed by atoms with Gasteiger partial charge in [0.05, 0.1) is 5.56 Å². The molecule has 5 heteroatoms. The van der Waals surface area contributed by atoms with Crippen LogP contribution < -0.4 is 5.32 Å². The number of benzene rings is 1. The molecule has 1 atom stereocenters. The second kappa shape index (κ2) is 5.93. The van der Waals surface area contributed by atoms with Gasteiger partial charge in [-0.3, -0.25) is 0 Å². The van der Waals surface area contributed by atoms with Gasteiger partial charge in [-0.1, -0.05) is 31.1 Å². The molecule has 0 fully saturated rings. The third-order valence-corrected chi connectivity index (χ3v) is 3.15. The van der Waals surface area contributed by atoms with E-state index in [1.165, 1.54) is 6.07 Å². The van der Waals surface area contributed by atoms with Gasteiger partial charge < -0.3 is 9.84 Å². The lowest BCUT2D eigenvalue weighted by atomic mass is 10.0. The van der Waals surface area contributed by atoms with E-state index in [0.29, 0.717) is 29.6 Å². The van der Waals surface area contributed by atoms with Gasteiger partial charge in [-0.15, -0.1) is 0 Å². The van der Waals surface area contributed by atoms with Crippen molar-refractivity contribution in [3.63, 3.8) is 0 Å². The highest BCUT2D eigenvalue weighted by Gasteiger charge is 2.17. The molecule has 2 rings (SSSR count). The fourth-order valence-corrected chi connectivity index (χ4v) is 1.95. The molecule has 0 bridgehead atoms. The molecule has 4 nitrogen and oxygen atoms in total. The molecule has 19 heavy (non-hydrogen) atoms. The van der Waals surface area contributed by atoms with Crippen molar-refractivity contribution in [2.75, 3.05) is 7.05 Å². The van der Waals surface area contributed by atoms with E-state index in [-0.39, 0.29) is 11.9 Å². The molecule has 1 heterocycles. The van der Waals surface area contributed by atoms with Gasteiger partial charge in [0.1, 0.15) is 5.82 Å². The number of likely N-dealkylation sites (N-methyl/N-ethyl adjacent to an activating group) is 1. The molecular formula is C14H18FN3O. The fourth-order valence-electron chi connectivity index (χ4n) is 1.95. The topological polar surface area (TPSA) is 51.0 Å². The summed E-state index contributed by atoms with van der Waals surface area (Å²) in [5.74, 6) is 0.927. The van der Waals surface area contributed by atoms with Crippen LogP contribution in [0, 0.1) is 11.7 Å². The fraction of sp³-hybridized carbons (Fsp3) is 0.429. The molecule has 1 aromatic carbocycles. The summed E-state index contributed by atoms with van der Waals surface area (Å²) in [6.45, 7) is 4.24. The molecule has 1 unspecified atom stereocenters. The molecule has 0 spiro atoms. The monoisotopic (exact) mass is 263 g/mol. The van der Waals surface area contributed by atoms with E-state index in [0.717, 1.165) is 0 Å².